The van der Waals surface area contributed by atoms with Crippen molar-refractivity contribution >= 4 is 0 Å². The highest BCUT2D eigenvalue weighted by Crippen LogP contribution is 2.22. The third-order valence-corrected chi connectivity index (χ3v) is 4.05. The molecule has 1 aromatic heterocycles. The second-order valence-corrected chi connectivity index (χ2v) is 5.52. The first kappa shape index (κ1) is 15.0. The molecule has 3 N–H and O–H groups in total. The zero-order valence-electron chi connectivity index (χ0n) is 12.7. The van der Waals surface area contributed by atoms with Crippen molar-refractivity contribution in [2.75, 3.05) is 26.7 Å². The summed E-state index contributed by atoms with van der Waals surface area (Å²) in [6.07, 6.45) is 1.53. The second-order valence-electron chi connectivity index (χ2n) is 5.52. The number of aliphatic hydroxyl groups excluding tert-OH is 1. The van der Waals surface area contributed by atoms with E-state index in [9.17, 15) is 5.11 Å². The molecule has 2 heterocycles. The van der Waals surface area contributed by atoms with Crippen LogP contribution in [0.25, 0.3) is 5.69 Å². The Hall–Kier alpha value is -1.89. The van der Waals surface area contributed by atoms with E-state index < -0.39 is 0 Å². The fourth-order valence-corrected chi connectivity index (χ4v) is 2.80. The van der Waals surface area contributed by atoms with Crippen LogP contribution in [0.3, 0.4) is 0 Å². The van der Waals surface area contributed by atoms with Crippen LogP contribution in [0.2, 0.25) is 0 Å². The van der Waals surface area contributed by atoms with Gasteiger partial charge in [0.05, 0.1) is 18.9 Å². The van der Waals surface area contributed by atoms with Crippen molar-refractivity contribution in [1.29, 1.82) is 0 Å². The van der Waals surface area contributed by atoms with Gasteiger partial charge >= 0.3 is 0 Å². The van der Waals surface area contributed by atoms with E-state index in [1.165, 1.54) is 0 Å². The number of ether oxygens (including phenoxy) is 1. The van der Waals surface area contributed by atoms with E-state index in [-0.39, 0.29) is 12.0 Å². The van der Waals surface area contributed by atoms with Crippen LogP contribution in [0.5, 0.6) is 5.75 Å². The predicted octanol–water partition coefficient (Wildman–Crippen LogP) is 0.551. The molecule has 6 nitrogen and oxygen atoms in total. The quantitative estimate of drug-likeness (QED) is 0.727. The maximum absolute atomic E-state index is 9.81. The number of rotatable bonds is 6. The molecule has 1 fully saturated rings. The van der Waals surface area contributed by atoms with Crippen molar-refractivity contribution in [2.24, 2.45) is 5.92 Å². The van der Waals surface area contributed by atoms with Gasteiger partial charge in [-0.3, -0.25) is 0 Å². The number of β-amino-alcohol motifs (C(OH)–C–C–N with tert-alkyl or cyclic N) is 1. The fraction of sp³-hybridized carbons (Fsp3) is 0.438. The van der Waals surface area contributed by atoms with Gasteiger partial charge in [0.2, 0.25) is 0 Å². The van der Waals surface area contributed by atoms with Gasteiger partial charge in [-0.2, -0.15) is 5.10 Å². The Bertz CT molecular complexity index is 614. The Morgan fingerprint density at radius 1 is 1.36 bits per heavy atom. The number of hydrogen-bond donors (Lipinski definition) is 3. The van der Waals surface area contributed by atoms with Crippen LogP contribution in [0.15, 0.2) is 36.5 Å². The molecule has 0 aliphatic carbocycles. The number of para-hydroxylation sites is 2. The summed E-state index contributed by atoms with van der Waals surface area (Å²) < 4.78 is 7.29. The summed E-state index contributed by atoms with van der Waals surface area (Å²) in [7, 11) is 1.66. The number of aliphatic hydroxyl groups is 1. The number of benzene rings is 1. The van der Waals surface area contributed by atoms with E-state index in [2.05, 4.69) is 15.7 Å². The molecule has 6 heteroatoms. The molecule has 2 aromatic rings. The van der Waals surface area contributed by atoms with Crippen molar-refractivity contribution in [1.82, 2.24) is 20.4 Å². The summed E-state index contributed by atoms with van der Waals surface area (Å²) in [6, 6.07) is 9.81. The van der Waals surface area contributed by atoms with Crippen molar-refractivity contribution in [3.8, 4) is 11.4 Å². The zero-order chi connectivity index (χ0) is 15.4. The summed E-state index contributed by atoms with van der Waals surface area (Å²) in [5, 5.41) is 20.8. The molecule has 22 heavy (non-hydrogen) atoms. The van der Waals surface area contributed by atoms with Crippen LogP contribution in [0, 0.1) is 5.92 Å². The van der Waals surface area contributed by atoms with E-state index in [1.54, 1.807) is 13.3 Å². The lowest BCUT2D eigenvalue weighted by atomic mass is 10.1. The van der Waals surface area contributed by atoms with Crippen molar-refractivity contribution in [2.45, 2.75) is 12.6 Å². The van der Waals surface area contributed by atoms with E-state index in [4.69, 9.17) is 4.74 Å². The van der Waals surface area contributed by atoms with Gasteiger partial charge in [-0.15, -0.1) is 0 Å². The minimum Gasteiger partial charge on any atom is -0.494 e. The second kappa shape index (κ2) is 6.91. The van der Waals surface area contributed by atoms with Gasteiger partial charge in [-0.25, -0.2) is 4.68 Å². The molecule has 1 aliphatic rings. The number of methoxy groups -OCH3 is 1. The van der Waals surface area contributed by atoms with Gasteiger partial charge in [-0.05, 0) is 18.2 Å². The normalized spacial score (nSPS) is 21.2. The first-order valence-electron chi connectivity index (χ1n) is 7.55. The summed E-state index contributed by atoms with van der Waals surface area (Å²) in [5.74, 6) is 1.06. The molecule has 0 amide bonds. The largest absolute Gasteiger partial charge is 0.494 e. The first-order chi connectivity index (χ1) is 10.8. The molecule has 1 saturated heterocycles. The third-order valence-electron chi connectivity index (χ3n) is 4.05. The van der Waals surface area contributed by atoms with Gasteiger partial charge in [0.15, 0.2) is 0 Å². The standard InChI is InChI=1S/C16H22N4O2/c1-22-16-5-3-2-4-14(16)20-13(6-7-19-20)10-17-8-12-9-18-11-15(12)21/h2-7,12,15,17-18,21H,8-11H2,1H3. The molecule has 2 unspecified atom stereocenters. The molecule has 1 aromatic carbocycles. The summed E-state index contributed by atoms with van der Waals surface area (Å²) in [4.78, 5) is 0. The maximum atomic E-state index is 9.81. The highest BCUT2D eigenvalue weighted by molar-refractivity contribution is 5.46. The monoisotopic (exact) mass is 302 g/mol. The van der Waals surface area contributed by atoms with E-state index in [0.29, 0.717) is 13.1 Å². The van der Waals surface area contributed by atoms with Crippen LogP contribution in [0.4, 0.5) is 0 Å². The van der Waals surface area contributed by atoms with Gasteiger partial charge in [-0.1, -0.05) is 12.1 Å². The van der Waals surface area contributed by atoms with E-state index in [1.807, 2.05) is 35.0 Å². The molecule has 0 radical (unpaired) electrons. The fourth-order valence-electron chi connectivity index (χ4n) is 2.80. The van der Waals surface area contributed by atoms with Gasteiger partial charge in [0.1, 0.15) is 11.4 Å². The van der Waals surface area contributed by atoms with Crippen LogP contribution in [0.1, 0.15) is 5.69 Å². The Labute approximate surface area is 130 Å². The summed E-state index contributed by atoms with van der Waals surface area (Å²) in [5.41, 5.74) is 1.99. The average molecular weight is 302 g/mol. The topological polar surface area (TPSA) is 71.3 Å². The van der Waals surface area contributed by atoms with E-state index >= 15 is 0 Å². The SMILES string of the molecule is COc1ccccc1-n1nccc1CNCC1CNCC1O. The van der Waals surface area contributed by atoms with Gasteiger partial charge in [0.25, 0.3) is 0 Å². The van der Waals surface area contributed by atoms with Gasteiger partial charge in [0, 0.05) is 38.3 Å². The highest BCUT2D eigenvalue weighted by atomic mass is 16.5. The van der Waals surface area contributed by atoms with Crippen LogP contribution >= 0.6 is 0 Å². The molecule has 118 valence electrons. The molecular weight excluding hydrogens is 280 g/mol. The zero-order valence-corrected chi connectivity index (χ0v) is 12.7. The minimum atomic E-state index is -0.258. The molecule has 2 atom stereocenters. The minimum absolute atomic E-state index is 0.258. The lowest BCUT2D eigenvalue weighted by Gasteiger charge is -2.15. The molecule has 0 spiro atoms. The molecule has 0 saturated carbocycles. The van der Waals surface area contributed by atoms with Crippen LogP contribution in [-0.4, -0.2) is 47.7 Å². The lowest BCUT2D eigenvalue weighted by molar-refractivity contribution is 0.146. The summed E-state index contributed by atoms with van der Waals surface area (Å²) in [6.45, 7) is 3.03. The van der Waals surface area contributed by atoms with Crippen LogP contribution in [-0.2, 0) is 6.54 Å². The number of nitrogens with zero attached hydrogens (tertiary/aromatic N) is 2. The molecule has 0 bridgehead atoms. The van der Waals surface area contributed by atoms with E-state index in [0.717, 1.165) is 30.2 Å². The van der Waals surface area contributed by atoms with Crippen LogP contribution < -0.4 is 15.4 Å². The Morgan fingerprint density at radius 3 is 3.00 bits per heavy atom. The number of aromatic nitrogens is 2. The molecule has 3 rings (SSSR count). The van der Waals surface area contributed by atoms with Crippen molar-refractivity contribution < 1.29 is 9.84 Å². The lowest BCUT2D eigenvalue weighted by Crippen LogP contribution is -2.30. The Kier molecular flexibility index (Phi) is 4.72. The Balaban J connectivity index is 1.67. The van der Waals surface area contributed by atoms with Gasteiger partial charge < -0.3 is 20.5 Å². The maximum Gasteiger partial charge on any atom is 0.144 e. The predicted molar refractivity (Wildman–Crippen MR) is 84.2 cm³/mol. The third kappa shape index (κ3) is 3.14. The summed E-state index contributed by atoms with van der Waals surface area (Å²) >= 11 is 0. The molecule has 1 aliphatic heterocycles. The number of nitrogens with one attached hydrogen (secondary N) is 2. The smallest absolute Gasteiger partial charge is 0.144 e. The first-order valence-corrected chi connectivity index (χ1v) is 7.55. The Morgan fingerprint density at radius 2 is 2.23 bits per heavy atom. The number of hydrogen-bond acceptors (Lipinski definition) is 5. The van der Waals surface area contributed by atoms with Crippen molar-refractivity contribution in [3.63, 3.8) is 0 Å². The van der Waals surface area contributed by atoms with Crippen molar-refractivity contribution in [3.05, 3.63) is 42.2 Å². The molecular formula is C16H22N4O2. The average Bonchev–Trinajstić information content (AvgIpc) is 3.17. The highest BCUT2D eigenvalue weighted by Gasteiger charge is 2.24.